The molecule has 2 nitrogen and oxygen atoms in total. The third kappa shape index (κ3) is 1.98. The number of rotatable bonds is 2. The third-order valence-corrected chi connectivity index (χ3v) is 2.63. The molecule has 84 valence electrons. The van der Waals surface area contributed by atoms with Crippen LogP contribution in [0.25, 0.3) is 5.69 Å². The highest BCUT2D eigenvalue weighted by atomic mass is 19.1. The van der Waals surface area contributed by atoms with Gasteiger partial charge in [0.05, 0.1) is 17.7 Å². The van der Waals surface area contributed by atoms with Crippen molar-refractivity contribution in [2.24, 2.45) is 0 Å². The van der Waals surface area contributed by atoms with Crippen LogP contribution >= 0.6 is 0 Å². The van der Waals surface area contributed by atoms with Gasteiger partial charge in [0, 0.05) is 6.20 Å². The lowest BCUT2D eigenvalue weighted by molar-refractivity contribution is 0.613. The van der Waals surface area contributed by atoms with Gasteiger partial charge < -0.3 is 4.57 Å². The van der Waals surface area contributed by atoms with Crippen molar-refractivity contribution in [3.8, 4) is 5.69 Å². The zero-order valence-electron chi connectivity index (χ0n) is 9.74. The maximum atomic E-state index is 13.9. The number of aromatic nitrogens is 2. The zero-order chi connectivity index (χ0) is 11.7. The highest BCUT2D eigenvalue weighted by Gasteiger charge is 2.07. The molecule has 1 aromatic heterocycles. The largest absolute Gasteiger partial charge is 0.303 e. The van der Waals surface area contributed by atoms with Crippen molar-refractivity contribution in [1.82, 2.24) is 9.55 Å². The van der Waals surface area contributed by atoms with Crippen LogP contribution in [0.1, 0.15) is 31.0 Å². The summed E-state index contributed by atoms with van der Waals surface area (Å²) in [7, 11) is 0. The first kappa shape index (κ1) is 10.9. The van der Waals surface area contributed by atoms with Crippen LogP contribution in [0.5, 0.6) is 0 Å². The lowest BCUT2D eigenvalue weighted by atomic mass is 10.0. The summed E-state index contributed by atoms with van der Waals surface area (Å²) in [5, 5.41) is 0. The van der Waals surface area contributed by atoms with Crippen molar-refractivity contribution in [3.63, 3.8) is 0 Å². The molecule has 0 amide bonds. The number of halogens is 1. The zero-order valence-corrected chi connectivity index (χ0v) is 9.74. The van der Waals surface area contributed by atoms with Gasteiger partial charge in [-0.2, -0.15) is 0 Å². The minimum atomic E-state index is -0.205. The van der Waals surface area contributed by atoms with Crippen molar-refractivity contribution in [3.05, 3.63) is 47.8 Å². The van der Waals surface area contributed by atoms with Crippen molar-refractivity contribution in [2.75, 3.05) is 0 Å². The summed E-state index contributed by atoms with van der Waals surface area (Å²) in [5.41, 5.74) is 2.44. The minimum absolute atomic E-state index is 0.205. The summed E-state index contributed by atoms with van der Waals surface area (Å²) >= 11 is 0. The molecular formula is C13H15FN2. The standard InChI is InChI=1S/C13H15FN2/c1-9(2)11-4-5-13(12(14)6-11)16-7-10(3)15-8-16/h4-9H,1-3H3. The van der Waals surface area contributed by atoms with Gasteiger partial charge in [-0.25, -0.2) is 9.37 Å². The van der Waals surface area contributed by atoms with Gasteiger partial charge >= 0.3 is 0 Å². The maximum Gasteiger partial charge on any atom is 0.147 e. The van der Waals surface area contributed by atoms with Crippen LogP contribution in [0.3, 0.4) is 0 Å². The molecule has 0 aliphatic heterocycles. The van der Waals surface area contributed by atoms with E-state index < -0.39 is 0 Å². The molecule has 0 fully saturated rings. The predicted octanol–water partition coefficient (Wildman–Crippen LogP) is 3.44. The van der Waals surface area contributed by atoms with E-state index in [0.717, 1.165) is 11.3 Å². The van der Waals surface area contributed by atoms with Crippen LogP contribution in [0, 0.1) is 12.7 Å². The van der Waals surface area contributed by atoms with Crippen LogP contribution in [-0.2, 0) is 0 Å². The first-order valence-electron chi connectivity index (χ1n) is 5.38. The van der Waals surface area contributed by atoms with Gasteiger partial charge in [-0.1, -0.05) is 19.9 Å². The van der Waals surface area contributed by atoms with E-state index in [0.29, 0.717) is 11.6 Å². The number of imidazole rings is 1. The molecule has 0 saturated heterocycles. The predicted molar refractivity (Wildman–Crippen MR) is 62.3 cm³/mol. The van der Waals surface area contributed by atoms with Gasteiger partial charge in [0.1, 0.15) is 5.82 Å². The minimum Gasteiger partial charge on any atom is -0.303 e. The van der Waals surface area contributed by atoms with E-state index in [1.54, 1.807) is 23.0 Å². The summed E-state index contributed by atoms with van der Waals surface area (Å²) in [6.45, 7) is 5.99. The number of benzene rings is 1. The Bertz CT molecular complexity index is 500. The topological polar surface area (TPSA) is 17.8 Å². The Hall–Kier alpha value is -1.64. The molecule has 2 rings (SSSR count). The second-order valence-electron chi connectivity index (χ2n) is 4.29. The van der Waals surface area contributed by atoms with Gasteiger partial charge in [0.15, 0.2) is 0 Å². The molecule has 0 bridgehead atoms. The van der Waals surface area contributed by atoms with E-state index in [1.165, 1.54) is 0 Å². The lowest BCUT2D eigenvalue weighted by Gasteiger charge is -2.08. The van der Waals surface area contributed by atoms with Crippen LogP contribution in [0.2, 0.25) is 0 Å². The first-order valence-corrected chi connectivity index (χ1v) is 5.38. The SMILES string of the molecule is Cc1cn(-c2ccc(C(C)C)cc2F)cn1. The average Bonchev–Trinajstić information content (AvgIpc) is 2.64. The molecule has 16 heavy (non-hydrogen) atoms. The smallest absolute Gasteiger partial charge is 0.147 e. The normalized spacial score (nSPS) is 11.1. The maximum absolute atomic E-state index is 13.9. The Morgan fingerprint density at radius 2 is 2.06 bits per heavy atom. The molecule has 0 atom stereocenters. The van der Waals surface area contributed by atoms with Crippen LogP contribution in [0.15, 0.2) is 30.7 Å². The fraction of sp³-hybridized carbons (Fsp3) is 0.308. The second kappa shape index (κ2) is 4.08. The Kier molecular flexibility index (Phi) is 2.77. The van der Waals surface area contributed by atoms with E-state index in [4.69, 9.17) is 0 Å². The molecule has 0 saturated carbocycles. The van der Waals surface area contributed by atoms with Gasteiger partial charge in [-0.05, 0) is 30.5 Å². The fourth-order valence-corrected chi connectivity index (χ4v) is 1.64. The van der Waals surface area contributed by atoms with E-state index in [-0.39, 0.29) is 5.82 Å². The molecule has 1 aromatic carbocycles. The molecular weight excluding hydrogens is 203 g/mol. The average molecular weight is 218 g/mol. The molecule has 0 aliphatic rings. The van der Waals surface area contributed by atoms with Gasteiger partial charge in [-0.15, -0.1) is 0 Å². The van der Waals surface area contributed by atoms with Crippen molar-refractivity contribution in [2.45, 2.75) is 26.7 Å². The van der Waals surface area contributed by atoms with Crippen molar-refractivity contribution >= 4 is 0 Å². The number of hydrogen-bond donors (Lipinski definition) is 0. The highest BCUT2D eigenvalue weighted by Crippen LogP contribution is 2.20. The van der Waals surface area contributed by atoms with Gasteiger partial charge in [0.2, 0.25) is 0 Å². The Morgan fingerprint density at radius 3 is 2.56 bits per heavy atom. The third-order valence-electron chi connectivity index (χ3n) is 2.63. The second-order valence-corrected chi connectivity index (χ2v) is 4.29. The van der Waals surface area contributed by atoms with Crippen molar-refractivity contribution < 1.29 is 4.39 Å². The van der Waals surface area contributed by atoms with Crippen LogP contribution < -0.4 is 0 Å². The quantitative estimate of drug-likeness (QED) is 0.755. The highest BCUT2D eigenvalue weighted by molar-refractivity contribution is 5.37. The van der Waals surface area contributed by atoms with E-state index >= 15 is 0 Å². The fourth-order valence-electron chi connectivity index (χ4n) is 1.64. The molecule has 0 radical (unpaired) electrons. The number of nitrogens with zero attached hydrogens (tertiary/aromatic N) is 2. The molecule has 1 heterocycles. The summed E-state index contributed by atoms with van der Waals surface area (Å²) in [5.74, 6) is 0.136. The molecule has 3 heteroatoms. The lowest BCUT2D eigenvalue weighted by Crippen LogP contribution is -1.97. The Morgan fingerprint density at radius 1 is 1.31 bits per heavy atom. The summed E-state index contributed by atoms with van der Waals surface area (Å²) < 4.78 is 15.6. The number of aryl methyl sites for hydroxylation is 1. The van der Waals surface area contributed by atoms with E-state index in [1.807, 2.05) is 19.2 Å². The molecule has 2 aromatic rings. The van der Waals surface area contributed by atoms with E-state index in [2.05, 4.69) is 18.8 Å². The molecule has 0 N–H and O–H groups in total. The number of hydrogen-bond acceptors (Lipinski definition) is 1. The van der Waals surface area contributed by atoms with Crippen molar-refractivity contribution in [1.29, 1.82) is 0 Å². The first-order chi connectivity index (χ1) is 7.58. The Balaban J connectivity index is 2.44. The summed E-state index contributed by atoms with van der Waals surface area (Å²) in [4.78, 5) is 4.09. The van der Waals surface area contributed by atoms with Gasteiger partial charge in [0.25, 0.3) is 0 Å². The molecule has 0 spiro atoms. The van der Waals surface area contributed by atoms with E-state index in [9.17, 15) is 4.39 Å². The molecule has 0 unspecified atom stereocenters. The summed E-state index contributed by atoms with van der Waals surface area (Å²) in [6.07, 6.45) is 3.44. The van der Waals surface area contributed by atoms with Gasteiger partial charge in [-0.3, -0.25) is 0 Å². The van der Waals surface area contributed by atoms with Crippen LogP contribution in [0.4, 0.5) is 4.39 Å². The molecule has 0 aliphatic carbocycles. The summed E-state index contributed by atoms with van der Waals surface area (Å²) in [6, 6.07) is 5.35. The monoisotopic (exact) mass is 218 g/mol. The van der Waals surface area contributed by atoms with Crippen LogP contribution in [-0.4, -0.2) is 9.55 Å². The Labute approximate surface area is 94.8 Å².